The van der Waals surface area contributed by atoms with Crippen molar-refractivity contribution in [3.63, 3.8) is 0 Å². The monoisotopic (exact) mass is 422 g/mol. The second kappa shape index (κ2) is 7.10. The summed E-state index contributed by atoms with van der Waals surface area (Å²) in [5.41, 5.74) is 7.67. The zero-order valence-electron chi connectivity index (χ0n) is 20.2. The highest BCUT2D eigenvalue weighted by Crippen LogP contribution is 2.66. The Morgan fingerprint density at radius 3 is 2.03 bits per heavy atom. The van der Waals surface area contributed by atoms with Gasteiger partial charge in [-0.1, -0.05) is 120 Å². The van der Waals surface area contributed by atoms with Crippen molar-refractivity contribution in [1.29, 1.82) is 0 Å². The maximum absolute atomic E-state index is 7.12. The minimum Gasteiger partial charge on any atom is -0.477 e. The molecule has 0 aromatic heterocycles. The normalized spacial score (nSPS) is 23.3. The van der Waals surface area contributed by atoms with Gasteiger partial charge in [0.1, 0.15) is 5.75 Å². The summed E-state index contributed by atoms with van der Waals surface area (Å²) in [6.07, 6.45) is 3.38. The van der Waals surface area contributed by atoms with Crippen LogP contribution < -0.4 is 4.74 Å². The van der Waals surface area contributed by atoms with E-state index in [4.69, 9.17) is 4.74 Å². The molecule has 5 rings (SSSR count). The van der Waals surface area contributed by atoms with Crippen LogP contribution >= 0.6 is 0 Å². The summed E-state index contributed by atoms with van der Waals surface area (Å²) in [4.78, 5) is 0. The number of hydrogen-bond donors (Lipinski definition) is 0. The van der Waals surface area contributed by atoms with E-state index in [2.05, 4.69) is 120 Å². The van der Waals surface area contributed by atoms with E-state index in [9.17, 15) is 0 Å². The summed E-state index contributed by atoms with van der Waals surface area (Å²) >= 11 is 0. The maximum Gasteiger partial charge on any atom is 0.163 e. The van der Waals surface area contributed by atoms with Crippen LogP contribution in [0.15, 0.2) is 78.4 Å². The second-order valence-corrected chi connectivity index (χ2v) is 11.5. The molecule has 1 heterocycles. The molecule has 1 nitrogen and oxygen atoms in total. The van der Waals surface area contributed by atoms with Crippen molar-refractivity contribution in [3.05, 3.63) is 106 Å². The highest BCUT2D eigenvalue weighted by Gasteiger charge is 2.60. The van der Waals surface area contributed by atoms with E-state index in [1.54, 1.807) is 0 Å². The number of hydrogen-bond acceptors (Lipinski definition) is 1. The number of rotatable bonds is 2. The van der Waals surface area contributed by atoms with Gasteiger partial charge in [0.25, 0.3) is 0 Å². The Morgan fingerprint density at radius 2 is 1.44 bits per heavy atom. The standard InChI is InChI=1S/C31H34O/c1-29(2,3)23-18-25-26-20-24(17-21-13-9-7-10-14-21)31(26,22-15-11-8-12-16-22)32-28(25)27(19-23)30(4,5)6/h7-19,26H,20H2,1-6H3/b24-17+/t26-,31-/m1/s1. The van der Waals surface area contributed by atoms with Gasteiger partial charge in [0, 0.05) is 22.6 Å². The molecule has 2 atom stereocenters. The largest absolute Gasteiger partial charge is 0.477 e. The first-order chi connectivity index (χ1) is 15.1. The summed E-state index contributed by atoms with van der Waals surface area (Å²) in [5, 5.41) is 0. The van der Waals surface area contributed by atoms with Crippen LogP contribution in [0.4, 0.5) is 0 Å². The molecule has 1 saturated carbocycles. The zero-order chi connectivity index (χ0) is 22.7. The molecule has 1 fully saturated rings. The van der Waals surface area contributed by atoms with Crippen molar-refractivity contribution in [2.45, 2.75) is 70.3 Å². The van der Waals surface area contributed by atoms with Gasteiger partial charge in [0.15, 0.2) is 5.60 Å². The molecule has 0 spiro atoms. The van der Waals surface area contributed by atoms with Gasteiger partial charge in [0.2, 0.25) is 0 Å². The third-order valence-electron chi connectivity index (χ3n) is 7.17. The van der Waals surface area contributed by atoms with Gasteiger partial charge in [-0.2, -0.15) is 0 Å². The lowest BCUT2D eigenvalue weighted by molar-refractivity contribution is 0.0565. The first-order valence-corrected chi connectivity index (χ1v) is 11.8. The first-order valence-electron chi connectivity index (χ1n) is 11.8. The molecule has 2 aliphatic rings. The summed E-state index contributed by atoms with van der Waals surface area (Å²) in [6.45, 7) is 13.8. The SMILES string of the molecule is CC(C)(C)c1cc2c(c(C(C)(C)C)c1)O[C@]1(c3ccccc3)/C(=C/c3ccccc3)C[C@H]21. The van der Waals surface area contributed by atoms with Crippen LogP contribution in [-0.4, -0.2) is 0 Å². The Kier molecular flexibility index (Phi) is 4.68. The van der Waals surface area contributed by atoms with Crippen LogP contribution in [0.25, 0.3) is 6.08 Å². The van der Waals surface area contributed by atoms with Crippen LogP contribution in [0.5, 0.6) is 5.75 Å². The van der Waals surface area contributed by atoms with Crippen LogP contribution in [0.2, 0.25) is 0 Å². The van der Waals surface area contributed by atoms with Gasteiger partial charge in [-0.15, -0.1) is 0 Å². The quantitative estimate of drug-likeness (QED) is 0.405. The number of ether oxygens (including phenoxy) is 1. The van der Waals surface area contributed by atoms with Crippen molar-refractivity contribution in [1.82, 2.24) is 0 Å². The highest BCUT2D eigenvalue weighted by molar-refractivity contribution is 5.68. The molecular formula is C31H34O. The molecule has 1 aliphatic carbocycles. The fourth-order valence-electron chi connectivity index (χ4n) is 5.30. The van der Waals surface area contributed by atoms with E-state index < -0.39 is 5.60 Å². The Hall–Kier alpha value is -2.80. The predicted octanol–water partition coefficient (Wildman–Crippen LogP) is 8.14. The van der Waals surface area contributed by atoms with Crippen LogP contribution in [-0.2, 0) is 16.4 Å². The van der Waals surface area contributed by atoms with Gasteiger partial charge in [-0.25, -0.2) is 0 Å². The Bertz CT molecular complexity index is 1170. The molecule has 0 amide bonds. The molecule has 1 heteroatoms. The molecule has 1 aliphatic heterocycles. The predicted molar refractivity (Wildman–Crippen MR) is 134 cm³/mol. The summed E-state index contributed by atoms with van der Waals surface area (Å²) in [7, 11) is 0. The Morgan fingerprint density at radius 1 is 0.812 bits per heavy atom. The Balaban J connectivity index is 1.72. The number of fused-ring (bicyclic) bond motifs is 3. The van der Waals surface area contributed by atoms with E-state index in [-0.39, 0.29) is 10.8 Å². The van der Waals surface area contributed by atoms with Crippen molar-refractivity contribution < 1.29 is 4.74 Å². The molecule has 0 saturated heterocycles. The lowest BCUT2D eigenvalue weighted by atomic mass is 9.60. The van der Waals surface area contributed by atoms with E-state index in [0.29, 0.717) is 5.92 Å². The van der Waals surface area contributed by atoms with E-state index in [1.165, 1.54) is 33.4 Å². The average Bonchev–Trinajstić information content (AvgIpc) is 3.00. The van der Waals surface area contributed by atoms with Crippen LogP contribution in [0.1, 0.15) is 81.7 Å². The molecular weight excluding hydrogens is 388 g/mol. The minimum atomic E-state index is -0.407. The van der Waals surface area contributed by atoms with Gasteiger partial charge in [-0.3, -0.25) is 0 Å². The highest BCUT2D eigenvalue weighted by atomic mass is 16.5. The molecule has 164 valence electrons. The van der Waals surface area contributed by atoms with E-state index >= 15 is 0 Å². The topological polar surface area (TPSA) is 9.23 Å². The van der Waals surface area contributed by atoms with Gasteiger partial charge in [-0.05, 0) is 34.0 Å². The van der Waals surface area contributed by atoms with Crippen LogP contribution in [0, 0.1) is 0 Å². The maximum atomic E-state index is 7.12. The lowest BCUT2D eigenvalue weighted by Gasteiger charge is -2.47. The molecule has 0 radical (unpaired) electrons. The minimum absolute atomic E-state index is 0.0102. The molecule has 0 unspecified atom stereocenters. The summed E-state index contributed by atoms with van der Waals surface area (Å²) in [5.74, 6) is 1.45. The van der Waals surface area contributed by atoms with Crippen molar-refractivity contribution in [2.75, 3.05) is 0 Å². The fraction of sp³-hybridized carbons (Fsp3) is 0.355. The number of benzene rings is 3. The van der Waals surface area contributed by atoms with E-state index in [0.717, 1.165) is 12.2 Å². The van der Waals surface area contributed by atoms with E-state index in [1.807, 2.05) is 0 Å². The lowest BCUT2D eigenvalue weighted by Crippen LogP contribution is -2.46. The zero-order valence-corrected chi connectivity index (χ0v) is 20.2. The van der Waals surface area contributed by atoms with Crippen molar-refractivity contribution >= 4 is 6.08 Å². The van der Waals surface area contributed by atoms with Gasteiger partial charge < -0.3 is 4.74 Å². The summed E-state index contributed by atoms with van der Waals surface area (Å²) in [6, 6.07) is 26.3. The molecule has 32 heavy (non-hydrogen) atoms. The molecule has 3 aromatic carbocycles. The average molecular weight is 423 g/mol. The van der Waals surface area contributed by atoms with Crippen LogP contribution in [0.3, 0.4) is 0 Å². The molecule has 0 N–H and O–H groups in total. The molecule has 0 bridgehead atoms. The first kappa shape index (κ1) is 21.1. The third-order valence-corrected chi connectivity index (χ3v) is 7.17. The summed E-state index contributed by atoms with van der Waals surface area (Å²) < 4.78 is 7.12. The fourth-order valence-corrected chi connectivity index (χ4v) is 5.30. The molecule has 3 aromatic rings. The second-order valence-electron chi connectivity index (χ2n) is 11.5. The van der Waals surface area contributed by atoms with Crippen molar-refractivity contribution in [2.24, 2.45) is 0 Å². The van der Waals surface area contributed by atoms with Gasteiger partial charge >= 0.3 is 0 Å². The van der Waals surface area contributed by atoms with Crippen molar-refractivity contribution in [3.8, 4) is 5.75 Å². The third kappa shape index (κ3) is 3.22. The van der Waals surface area contributed by atoms with Gasteiger partial charge in [0.05, 0.1) is 0 Å². The Labute approximate surface area is 193 Å². The smallest absolute Gasteiger partial charge is 0.163 e.